The zero-order valence-corrected chi connectivity index (χ0v) is 9.33. The third kappa shape index (κ3) is 2.91. The van der Waals surface area contributed by atoms with E-state index in [9.17, 15) is 9.59 Å². The summed E-state index contributed by atoms with van der Waals surface area (Å²) >= 11 is 0. The van der Waals surface area contributed by atoms with E-state index in [-0.39, 0.29) is 11.1 Å². The second-order valence-corrected chi connectivity index (χ2v) is 3.58. The highest BCUT2D eigenvalue weighted by Crippen LogP contribution is 2.08. The number of nitrogens with zero attached hydrogens (tertiary/aromatic N) is 1. The van der Waals surface area contributed by atoms with E-state index >= 15 is 0 Å². The highest BCUT2D eigenvalue weighted by atomic mass is 16.4. The molecule has 0 unspecified atom stereocenters. The van der Waals surface area contributed by atoms with Crippen LogP contribution in [0.1, 0.15) is 21.7 Å². The lowest BCUT2D eigenvalue weighted by Crippen LogP contribution is -2.05. The van der Waals surface area contributed by atoms with Crippen LogP contribution in [0.3, 0.4) is 0 Å². The maximum absolute atomic E-state index is 11.0. The molecule has 2 N–H and O–H groups in total. The Hall–Kier alpha value is -2.69. The smallest absolute Gasteiger partial charge is 0.335 e. The third-order valence-electron chi connectivity index (χ3n) is 2.26. The van der Waals surface area contributed by atoms with Gasteiger partial charge in [0.25, 0.3) is 5.56 Å². The number of hydrogen-bond donors (Lipinski definition) is 2. The Bertz CT molecular complexity index is 659. The zero-order valence-electron chi connectivity index (χ0n) is 9.33. The third-order valence-corrected chi connectivity index (χ3v) is 2.26. The Kier molecular flexibility index (Phi) is 3.33. The number of benzene rings is 1. The van der Waals surface area contributed by atoms with Gasteiger partial charge in [-0.3, -0.25) is 4.79 Å². The summed E-state index contributed by atoms with van der Waals surface area (Å²) in [5.74, 6) is -0.556. The van der Waals surface area contributed by atoms with Crippen LogP contribution in [0, 0.1) is 0 Å². The maximum atomic E-state index is 11.0. The van der Waals surface area contributed by atoms with Crippen molar-refractivity contribution in [3.8, 4) is 0 Å². The van der Waals surface area contributed by atoms with Crippen molar-refractivity contribution in [2.24, 2.45) is 0 Å². The predicted octanol–water partition coefficient (Wildman–Crippen LogP) is 1.64. The summed E-state index contributed by atoms with van der Waals surface area (Å²) in [6, 6.07) is 7.80. The molecule has 0 amide bonds. The first-order valence-corrected chi connectivity index (χ1v) is 5.22. The van der Waals surface area contributed by atoms with Gasteiger partial charge in [-0.1, -0.05) is 18.2 Å². The highest BCUT2D eigenvalue weighted by Gasteiger charge is 2.01. The molecule has 0 spiro atoms. The molecule has 2 aromatic rings. The lowest BCUT2D eigenvalue weighted by atomic mass is 10.1. The van der Waals surface area contributed by atoms with Gasteiger partial charge in [0.05, 0.1) is 5.56 Å². The molecule has 1 heterocycles. The Morgan fingerprint density at radius 1 is 1.28 bits per heavy atom. The fraction of sp³-hybridized carbons (Fsp3) is 0. The summed E-state index contributed by atoms with van der Waals surface area (Å²) in [5.41, 5.74) is 0.706. The topological polar surface area (TPSA) is 83.0 Å². The van der Waals surface area contributed by atoms with Crippen molar-refractivity contribution >= 4 is 18.1 Å². The lowest BCUT2D eigenvalue weighted by molar-refractivity contribution is 0.0697. The Morgan fingerprint density at radius 3 is 2.83 bits per heavy atom. The van der Waals surface area contributed by atoms with Gasteiger partial charge in [0.15, 0.2) is 0 Å². The molecule has 0 aliphatic heterocycles. The van der Waals surface area contributed by atoms with E-state index in [2.05, 4.69) is 9.97 Å². The lowest BCUT2D eigenvalue weighted by Gasteiger charge is -1.96. The van der Waals surface area contributed by atoms with Crippen LogP contribution in [0.2, 0.25) is 0 Å². The monoisotopic (exact) mass is 242 g/mol. The molecule has 5 nitrogen and oxygen atoms in total. The van der Waals surface area contributed by atoms with Crippen LogP contribution in [-0.2, 0) is 0 Å². The Balaban J connectivity index is 2.26. The quantitative estimate of drug-likeness (QED) is 0.857. The van der Waals surface area contributed by atoms with E-state index in [4.69, 9.17) is 5.11 Å². The number of carbonyl (C=O) groups is 1. The summed E-state index contributed by atoms with van der Waals surface area (Å²) in [7, 11) is 0. The van der Waals surface area contributed by atoms with Gasteiger partial charge in [-0.25, -0.2) is 9.78 Å². The molecule has 5 heteroatoms. The van der Waals surface area contributed by atoms with Crippen LogP contribution in [-0.4, -0.2) is 21.0 Å². The molecule has 18 heavy (non-hydrogen) atoms. The van der Waals surface area contributed by atoms with Crippen molar-refractivity contribution in [3.05, 3.63) is 63.8 Å². The molecule has 0 aliphatic rings. The van der Waals surface area contributed by atoms with Gasteiger partial charge in [-0.05, 0) is 23.8 Å². The van der Waals surface area contributed by atoms with Gasteiger partial charge >= 0.3 is 5.97 Å². The number of aromatic nitrogens is 2. The molecule has 1 aromatic heterocycles. The van der Waals surface area contributed by atoms with Crippen molar-refractivity contribution in [1.82, 2.24) is 9.97 Å². The van der Waals surface area contributed by atoms with E-state index in [1.807, 2.05) is 0 Å². The largest absolute Gasteiger partial charge is 0.478 e. The normalized spacial score (nSPS) is 10.7. The maximum Gasteiger partial charge on any atom is 0.335 e. The minimum absolute atomic E-state index is 0.215. The molecule has 0 radical (unpaired) electrons. The van der Waals surface area contributed by atoms with Gasteiger partial charge in [0.2, 0.25) is 0 Å². The molecule has 0 bridgehead atoms. The van der Waals surface area contributed by atoms with Gasteiger partial charge < -0.3 is 10.1 Å². The molecule has 1 aromatic carbocycles. The average Bonchev–Trinajstić information content (AvgIpc) is 2.37. The van der Waals surface area contributed by atoms with Crippen LogP contribution >= 0.6 is 0 Å². The van der Waals surface area contributed by atoms with Gasteiger partial charge in [-0.15, -0.1) is 0 Å². The summed E-state index contributed by atoms with van der Waals surface area (Å²) < 4.78 is 0. The van der Waals surface area contributed by atoms with Crippen molar-refractivity contribution < 1.29 is 9.90 Å². The zero-order chi connectivity index (χ0) is 13.0. The first kappa shape index (κ1) is 11.8. The van der Waals surface area contributed by atoms with E-state index in [1.54, 1.807) is 30.4 Å². The van der Waals surface area contributed by atoms with Crippen LogP contribution in [0.25, 0.3) is 12.2 Å². The molecule has 2 rings (SSSR count). The number of hydrogen-bond acceptors (Lipinski definition) is 3. The minimum atomic E-state index is -0.975. The fourth-order valence-corrected chi connectivity index (χ4v) is 1.42. The standard InChI is InChI=1S/C13H10N2O3/c16-12-6-7-14-11(15-12)5-4-9-2-1-3-10(8-9)13(17)18/h1-8H,(H,17,18)(H,14,15,16). The van der Waals surface area contributed by atoms with Gasteiger partial charge in [0.1, 0.15) is 5.82 Å². The summed E-state index contributed by atoms with van der Waals surface area (Å²) in [4.78, 5) is 28.3. The van der Waals surface area contributed by atoms with Crippen LogP contribution in [0.5, 0.6) is 0 Å². The molecule has 0 aliphatic carbocycles. The van der Waals surface area contributed by atoms with E-state index in [0.717, 1.165) is 5.56 Å². The Labute approximate surface area is 102 Å². The Morgan fingerprint density at radius 2 is 2.11 bits per heavy atom. The number of rotatable bonds is 3. The molecule has 0 atom stereocenters. The second-order valence-electron chi connectivity index (χ2n) is 3.58. The molecule has 0 fully saturated rings. The SMILES string of the molecule is O=C(O)c1cccc(C=Cc2nccc(=O)[nH]2)c1. The minimum Gasteiger partial charge on any atom is -0.478 e. The average molecular weight is 242 g/mol. The van der Waals surface area contributed by atoms with Crippen molar-refractivity contribution in [1.29, 1.82) is 0 Å². The molecule has 0 saturated carbocycles. The van der Waals surface area contributed by atoms with Crippen molar-refractivity contribution in [2.75, 3.05) is 0 Å². The molecular weight excluding hydrogens is 232 g/mol. The van der Waals surface area contributed by atoms with Crippen LogP contribution in [0.15, 0.2) is 41.3 Å². The van der Waals surface area contributed by atoms with Crippen LogP contribution < -0.4 is 5.56 Å². The number of nitrogens with one attached hydrogen (secondary N) is 1. The van der Waals surface area contributed by atoms with Crippen molar-refractivity contribution in [2.45, 2.75) is 0 Å². The first-order valence-electron chi connectivity index (χ1n) is 5.22. The molecule has 90 valence electrons. The summed E-state index contributed by atoms with van der Waals surface area (Å²) in [6.45, 7) is 0. The number of carboxylic acid groups (broad SMARTS) is 1. The fourth-order valence-electron chi connectivity index (χ4n) is 1.42. The number of aromatic carboxylic acids is 1. The highest BCUT2D eigenvalue weighted by molar-refractivity contribution is 5.88. The van der Waals surface area contributed by atoms with Gasteiger partial charge in [-0.2, -0.15) is 0 Å². The first-order chi connectivity index (χ1) is 8.65. The summed E-state index contributed by atoms with van der Waals surface area (Å²) in [5, 5.41) is 8.85. The van der Waals surface area contributed by atoms with Gasteiger partial charge in [0, 0.05) is 12.3 Å². The van der Waals surface area contributed by atoms with E-state index in [0.29, 0.717) is 5.82 Å². The number of carboxylic acids is 1. The van der Waals surface area contributed by atoms with E-state index < -0.39 is 5.97 Å². The molecule has 0 saturated heterocycles. The predicted molar refractivity (Wildman–Crippen MR) is 67.2 cm³/mol. The number of H-pyrrole nitrogens is 1. The summed E-state index contributed by atoms with van der Waals surface area (Å²) in [6.07, 6.45) is 4.71. The van der Waals surface area contributed by atoms with Crippen molar-refractivity contribution in [3.63, 3.8) is 0 Å². The second kappa shape index (κ2) is 5.09. The van der Waals surface area contributed by atoms with Crippen LogP contribution in [0.4, 0.5) is 0 Å². The number of aromatic amines is 1. The van der Waals surface area contributed by atoms with E-state index in [1.165, 1.54) is 18.3 Å². The molecular formula is C13H10N2O3.